The van der Waals surface area contributed by atoms with Crippen LogP contribution in [0.2, 0.25) is 5.02 Å². The molecule has 8 heteroatoms. The van der Waals surface area contributed by atoms with Crippen molar-refractivity contribution in [1.29, 1.82) is 0 Å². The van der Waals surface area contributed by atoms with Crippen LogP contribution in [0.4, 0.5) is 5.69 Å². The van der Waals surface area contributed by atoms with Crippen molar-refractivity contribution < 1.29 is 14.3 Å². The molecule has 1 aliphatic rings. The van der Waals surface area contributed by atoms with E-state index in [9.17, 15) is 4.79 Å². The second-order valence-corrected chi connectivity index (χ2v) is 8.81. The van der Waals surface area contributed by atoms with E-state index in [4.69, 9.17) is 33.3 Å². The summed E-state index contributed by atoms with van der Waals surface area (Å²) in [5.74, 6) is 1.12. The summed E-state index contributed by atoms with van der Waals surface area (Å²) in [6.45, 7) is 2.66. The van der Waals surface area contributed by atoms with E-state index in [1.165, 1.54) is 16.7 Å². The van der Waals surface area contributed by atoms with Gasteiger partial charge >= 0.3 is 0 Å². The molecular weight excluding hydrogens is 482 g/mol. The molecule has 1 fully saturated rings. The highest BCUT2D eigenvalue weighted by atomic mass is 79.9. The molecule has 0 N–H and O–H groups in total. The molecule has 4 nitrogen and oxygen atoms in total. The molecular formula is C20H17BrClNO3S2. The van der Waals surface area contributed by atoms with E-state index in [0.29, 0.717) is 38.0 Å². The molecule has 1 aliphatic heterocycles. The van der Waals surface area contributed by atoms with Gasteiger partial charge in [-0.15, -0.1) is 0 Å². The van der Waals surface area contributed by atoms with Crippen molar-refractivity contribution >= 4 is 73.5 Å². The number of benzene rings is 2. The van der Waals surface area contributed by atoms with Gasteiger partial charge in [0, 0.05) is 4.47 Å². The number of anilines is 1. The molecule has 0 saturated carbocycles. The highest BCUT2D eigenvalue weighted by Gasteiger charge is 2.33. The van der Waals surface area contributed by atoms with E-state index in [0.717, 1.165) is 16.5 Å². The van der Waals surface area contributed by atoms with E-state index in [2.05, 4.69) is 15.9 Å². The van der Waals surface area contributed by atoms with E-state index >= 15 is 0 Å². The number of carbonyl (C=O) groups excluding carboxylic acids is 1. The lowest BCUT2D eigenvalue weighted by Crippen LogP contribution is -2.27. The molecule has 28 heavy (non-hydrogen) atoms. The van der Waals surface area contributed by atoms with Crippen LogP contribution in [-0.2, 0) is 4.79 Å². The number of methoxy groups -OCH3 is 1. The Kier molecular flexibility index (Phi) is 7.04. The predicted octanol–water partition coefficient (Wildman–Crippen LogP) is 6.31. The van der Waals surface area contributed by atoms with Crippen molar-refractivity contribution in [2.24, 2.45) is 0 Å². The topological polar surface area (TPSA) is 38.8 Å². The van der Waals surface area contributed by atoms with E-state index < -0.39 is 0 Å². The summed E-state index contributed by atoms with van der Waals surface area (Å²) in [7, 11) is 1.59. The lowest BCUT2D eigenvalue weighted by molar-refractivity contribution is -0.113. The van der Waals surface area contributed by atoms with Gasteiger partial charge in [0.2, 0.25) is 0 Å². The molecule has 0 spiro atoms. The minimum absolute atomic E-state index is 0.182. The van der Waals surface area contributed by atoms with Crippen LogP contribution in [0.3, 0.4) is 0 Å². The minimum atomic E-state index is -0.182. The Morgan fingerprint density at radius 3 is 2.71 bits per heavy atom. The number of thiocarbonyl (C=S) groups is 1. The van der Waals surface area contributed by atoms with Gasteiger partial charge in [0.05, 0.1) is 29.3 Å². The average Bonchev–Trinajstić information content (AvgIpc) is 2.96. The fourth-order valence-corrected chi connectivity index (χ4v) is 4.29. The fourth-order valence-electron chi connectivity index (χ4n) is 2.57. The van der Waals surface area contributed by atoms with Crippen LogP contribution >= 0.6 is 51.5 Å². The first-order valence-electron chi connectivity index (χ1n) is 8.48. The van der Waals surface area contributed by atoms with Crippen LogP contribution in [0.25, 0.3) is 6.08 Å². The van der Waals surface area contributed by atoms with Gasteiger partial charge in [-0.05, 0) is 64.3 Å². The van der Waals surface area contributed by atoms with Gasteiger partial charge in [0.25, 0.3) is 5.91 Å². The van der Waals surface area contributed by atoms with Crippen molar-refractivity contribution in [2.45, 2.75) is 13.3 Å². The highest BCUT2D eigenvalue weighted by Crippen LogP contribution is 2.38. The number of hydrogen-bond acceptors (Lipinski definition) is 5. The van der Waals surface area contributed by atoms with Crippen LogP contribution in [0.15, 0.2) is 45.8 Å². The lowest BCUT2D eigenvalue weighted by Gasteiger charge is -2.15. The molecule has 2 aromatic rings. The van der Waals surface area contributed by atoms with Gasteiger partial charge < -0.3 is 9.47 Å². The zero-order chi connectivity index (χ0) is 20.3. The smallest absolute Gasteiger partial charge is 0.270 e. The maximum atomic E-state index is 12.9. The van der Waals surface area contributed by atoms with Crippen molar-refractivity contribution in [1.82, 2.24) is 0 Å². The third kappa shape index (κ3) is 4.54. The molecule has 0 bridgehead atoms. The first kappa shape index (κ1) is 21.2. The van der Waals surface area contributed by atoms with Crippen LogP contribution < -0.4 is 14.4 Å². The number of carbonyl (C=O) groups is 1. The normalized spacial score (nSPS) is 15.4. The summed E-state index contributed by atoms with van der Waals surface area (Å²) in [6, 6.07) is 10.9. The maximum absolute atomic E-state index is 12.9. The van der Waals surface area contributed by atoms with Gasteiger partial charge in [-0.25, -0.2) is 0 Å². The second kappa shape index (κ2) is 9.31. The molecule has 2 aromatic carbocycles. The molecule has 3 rings (SSSR count). The summed E-state index contributed by atoms with van der Waals surface area (Å²) in [5, 5.41) is 0.517. The van der Waals surface area contributed by atoms with Crippen LogP contribution in [0, 0.1) is 0 Å². The quantitative estimate of drug-likeness (QED) is 0.345. The molecule has 0 unspecified atom stereocenters. The Balaban J connectivity index is 1.88. The predicted molar refractivity (Wildman–Crippen MR) is 124 cm³/mol. The Bertz CT molecular complexity index is 964. The van der Waals surface area contributed by atoms with Gasteiger partial charge in [-0.2, -0.15) is 0 Å². The van der Waals surface area contributed by atoms with Crippen LogP contribution in [-0.4, -0.2) is 23.9 Å². The van der Waals surface area contributed by atoms with Crippen LogP contribution in [0.5, 0.6) is 11.5 Å². The zero-order valence-corrected chi connectivity index (χ0v) is 19.2. The number of amides is 1. The van der Waals surface area contributed by atoms with Crippen molar-refractivity contribution in [2.75, 3.05) is 18.6 Å². The second-order valence-electron chi connectivity index (χ2n) is 5.87. The SMILES string of the molecule is CCCOc1ccc(/C=C2\SC(=S)N(c3ccc(Br)c(Cl)c3)C2=O)cc1OC. The molecule has 1 heterocycles. The Morgan fingerprint density at radius 1 is 1.25 bits per heavy atom. The average molecular weight is 499 g/mol. The van der Waals surface area contributed by atoms with Gasteiger partial charge in [-0.3, -0.25) is 9.69 Å². The molecule has 0 atom stereocenters. The Hall–Kier alpha value is -1.54. The summed E-state index contributed by atoms with van der Waals surface area (Å²) in [5.41, 5.74) is 1.47. The van der Waals surface area contributed by atoms with E-state index in [1.807, 2.05) is 25.1 Å². The van der Waals surface area contributed by atoms with Crippen molar-refractivity contribution in [3.05, 3.63) is 56.4 Å². The molecule has 0 aliphatic carbocycles. The minimum Gasteiger partial charge on any atom is -0.493 e. The summed E-state index contributed by atoms with van der Waals surface area (Å²) in [6.07, 6.45) is 2.71. The monoisotopic (exact) mass is 497 g/mol. The molecule has 1 amide bonds. The Morgan fingerprint density at radius 2 is 2.04 bits per heavy atom. The molecule has 0 radical (unpaired) electrons. The summed E-state index contributed by atoms with van der Waals surface area (Å²) >= 11 is 16.2. The molecule has 146 valence electrons. The van der Waals surface area contributed by atoms with Gasteiger partial charge in [0.1, 0.15) is 0 Å². The van der Waals surface area contributed by atoms with Gasteiger partial charge in [-0.1, -0.05) is 48.6 Å². The first-order valence-corrected chi connectivity index (χ1v) is 10.9. The largest absolute Gasteiger partial charge is 0.493 e. The number of nitrogens with zero attached hydrogens (tertiary/aromatic N) is 1. The van der Waals surface area contributed by atoms with Gasteiger partial charge in [0.15, 0.2) is 15.8 Å². The summed E-state index contributed by atoms with van der Waals surface area (Å²) in [4.78, 5) is 14.9. The lowest BCUT2D eigenvalue weighted by atomic mass is 10.2. The Labute approximate surface area is 187 Å². The number of ether oxygens (including phenoxy) is 2. The third-order valence-corrected chi connectivity index (χ3v) is 6.44. The molecule has 0 aromatic heterocycles. The number of rotatable bonds is 6. The van der Waals surface area contributed by atoms with E-state index in [1.54, 1.807) is 31.4 Å². The first-order chi connectivity index (χ1) is 13.4. The van der Waals surface area contributed by atoms with Crippen molar-refractivity contribution in [3.63, 3.8) is 0 Å². The summed E-state index contributed by atoms with van der Waals surface area (Å²) < 4.78 is 12.3. The third-order valence-electron chi connectivity index (χ3n) is 3.90. The standard InChI is InChI=1S/C20H17BrClNO3S2/c1-3-8-26-16-7-4-12(9-17(16)25-2)10-18-19(24)23(20(27)28-18)13-5-6-14(21)15(22)11-13/h4-7,9-11H,3,8H2,1-2H3/b18-10-. The van der Waals surface area contributed by atoms with Crippen LogP contribution in [0.1, 0.15) is 18.9 Å². The number of thioether (sulfide) groups is 1. The zero-order valence-electron chi connectivity index (χ0n) is 15.2. The van der Waals surface area contributed by atoms with E-state index in [-0.39, 0.29) is 5.91 Å². The number of halogens is 2. The number of hydrogen-bond donors (Lipinski definition) is 0. The maximum Gasteiger partial charge on any atom is 0.270 e. The molecule has 1 saturated heterocycles. The van der Waals surface area contributed by atoms with Crippen molar-refractivity contribution in [3.8, 4) is 11.5 Å². The highest BCUT2D eigenvalue weighted by molar-refractivity contribution is 9.10. The fraction of sp³-hybridized carbons (Fsp3) is 0.200.